The molecule has 0 bridgehead atoms. The molecule has 4 rings (SSSR count). The summed E-state index contributed by atoms with van der Waals surface area (Å²) < 4.78 is 0. The third kappa shape index (κ3) is 74.8. The molecule has 4 nitrogen and oxygen atoms in total. The second-order valence-electron chi connectivity index (χ2n) is 25.9. The van der Waals surface area contributed by atoms with Gasteiger partial charge in [0.15, 0.2) is 0 Å². The van der Waals surface area contributed by atoms with Gasteiger partial charge in [-0.05, 0) is 157 Å². The van der Waals surface area contributed by atoms with E-state index >= 15 is 0 Å². The molecular weight excluding hydrogens is 979 g/mol. The number of rotatable bonds is 20. The van der Waals surface area contributed by atoms with Gasteiger partial charge in [0, 0.05) is 23.6 Å². The van der Waals surface area contributed by atoms with Gasteiger partial charge in [0.2, 0.25) is 0 Å². The van der Waals surface area contributed by atoms with Crippen LogP contribution >= 0.6 is 11.8 Å². The molecule has 1 atom stereocenters. The van der Waals surface area contributed by atoms with E-state index in [1.165, 1.54) is 91.1 Å². The van der Waals surface area contributed by atoms with Crippen LogP contribution < -0.4 is 5.73 Å². The van der Waals surface area contributed by atoms with E-state index in [0.29, 0.717) is 17.5 Å². The number of hydrogen-bond donors (Lipinski definition) is 3. The van der Waals surface area contributed by atoms with Gasteiger partial charge in [0.05, 0.1) is 5.84 Å². The molecule has 0 saturated carbocycles. The van der Waals surface area contributed by atoms with Crippen LogP contribution in [-0.2, 0) is 19.3 Å². The molecule has 0 spiro atoms. The summed E-state index contributed by atoms with van der Waals surface area (Å²) in [5.41, 5.74) is 10.7. The highest BCUT2D eigenvalue weighted by Crippen LogP contribution is 2.20. The lowest BCUT2D eigenvalue weighted by molar-refractivity contribution is 0.407. The first kappa shape index (κ1) is 87.1. The largest absolute Gasteiger partial charge is 0.508 e. The number of phenolic OH excluding ortho intramolecular Hbond substituents is 1. The SMILES string of the molecule is CC(C)C.CC(C)C(C)C.CC(C)CC(C)C.CC(C)Cc1c[nH]c2ccccc12.CC(C)Cc1ccc(O)cc1.CC(C)Cc1ccccc1.CCC(C)C(C)C.CCCCCC.CCCCN=C(C)N.CSCCC(C)C. The van der Waals surface area contributed by atoms with Gasteiger partial charge in [0.25, 0.3) is 0 Å². The molecule has 0 amide bonds. The van der Waals surface area contributed by atoms with E-state index in [4.69, 9.17) is 10.8 Å². The normalized spacial score (nSPS) is 11.0. The Morgan fingerprint density at radius 2 is 0.937 bits per heavy atom. The molecule has 0 saturated heterocycles. The summed E-state index contributed by atoms with van der Waals surface area (Å²) in [5, 5.41) is 10.4. The van der Waals surface area contributed by atoms with E-state index in [9.17, 15) is 0 Å². The van der Waals surface area contributed by atoms with Crippen LogP contribution in [0.4, 0.5) is 0 Å². The number of phenols is 1. The van der Waals surface area contributed by atoms with Gasteiger partial charge < -0.3 is 15.8 Å². The number of fused-ring (bicyclic) bond motifs is 1. The minimum absolute atomic E-state index is 0.345. The lowest BCUT2D eigenvalue weighted by atomic mass is 9.96. The average molecular weight is 1120 g/mol. The third-order valence-corrected chi connectivity index (χ3v) is 12.8. The number of nitrogens with two attached hydrogens (primary N) is 1. The highest BCUT2D eigenvalue weighted by Gasteiger charge is 2.04. The zero-order valence-electron chi connectivity index (χ0n) is 58.2. The summed E-state index contributed by atoms with van der Waals surface area (Å²) in [6.45, 7) is 60.8. The molecule has 464 valence electrons. The second-order valence-corrected chi connectivity index (χ2v) is 26.9. The summed E-state index contributed by atoms with van der Waals surface area (Å²) in [6.07, 6.45) is 19.6. The van der Waals surface area contributed by atoms with Crippen molar-refractivity contribution in [3.8, 4) is 5.75 Å². The maximum atomic E-state index is 8.99. The van der Waals surface area contributed by atoms with Crippen LogP contribution in [0.2, 0.25) is 0 Å². The summed E-state index contributed by atoms with van der Waals surface area (Å²) in [6, 6.07) is 26.5. The Hall–Kier alpha value is -3.18. The molecule has 0 radical (unpaired) electrons. The first-order valence-electron chi connectivity index (χ1n) is 32.0. The number of aromatic hydroxyl groups is 1. The highest BCUT2D eigenvalue weighted by atomic mass is 32.2. The molecule has 3 aromatic carbocycles. The molecule has 4 aromatic rings. The van der Waals surface area contributed by atoms with Gasteiger partial charge in [-0.3, -0.25) is 4.99 Å². The molecule has 1 unspecified atom stereocenters. The number of nitrogens with zero attached hydrogens (tertiary/aromatic N) is 1. The average Bonchev–Trinajstić information content (AvgIpc) is 3.76. The van der Waals surface area contributed by atoms with Crippen LogP contribution in [0.3, 0.4) is 0 Å². The Bertz CT molecular complexity index is 1760. The van der Waals surface area contributed by atoms with E-state index in [1.807, 2.05) is 30.8 Å². The Kier molecular flexibility index (Phi) is 67.1. The number of nitrogens with one attached hydrogen (secondary N) is 1. The number of unbranched alkanes of at least 4 members (excludes halogenated alkanes) is 4. The van der Waals surface area contributed by atoms with E-state index in [2.05, 4.69) is 257 Å². The second kappa shape index (κ2) is 60.9. The minimum atomic E-state index is 0.345. The van der Waals surface area contributed by atoms with Crippen LogP contribution in [0.15, 0.2) is 90.1 Å². The number of H-pyrrole nitrogens is 1. The summed E-state index contributed by atoms with van der Waals surface area (Å²) in [4.78, 5) is 7.30. The van der Waals surface area contributed by atoms with Crippen molar-refractivity contribution in [1.82, 2.24) is 4.98 Å². The molecule has 79 heavy (non-hydrogen) atoms. The molecular formula is C74H141N3OS. The van der Waals surface area contributed by atoms with Crippen molar-refractivity contribution in [2.24, 2.45) is 75.8 Å². The highest BCUT2D eigenvalue weighted by molar-refractivity contribution is 7.98. The Morgan fingerprint density at radius 3 is 1.24 bits per heavy atom. The van der Waals surface area contributed by atoms with Gasteiger partial charge in [0.1, 0.15) is 5.75 Å². The number of benzene rings is 3. The van der Waals surface area contributed by atoms with Gasteiger partial charge in [-0.15, -0.1) is 0 Å². The van der Waals surface area contributed by atoms with Crippen LogP contribution in [0, 0.1) is 65.1 Å². The molecule has 0 aliphatic rings. The summed E-state index contributed by atoms with van der Waals surface area (Å²) in [5.74, 6) is 11.5. The lowest BCUT2D eigenvalue weighted by Gasteiger charge is -2.10. The first-order chi connectivity index (χ1) is 36.9. The number of aliphatic imine (C=N–C) groups is 1. The van der Waals surface area contributed by atoms with Crippen LogP contribution in [0.25, 0.3) is 10.9 Å². The standard InChI is InChI=1S/C12H15N.C10H14O.C10H14.2C7H16.C6H14N2.C6H14S.2C6H14.C4H10/c1-9(2)7-10-8-13-12-6-4-3-5-11(10)12;1-8(2)7-9-3-5-10(11)6-4-9;1-9(2)8-10-6-4-3-5-7-10;1-6(2)5-7(3)4;1-5-7(4)6(2)3;1-3-4-5-8-6(2)7;1-6(2)4-5-7-3;1-5(2)6(3)4;1-3-5-6-4-2;1-4(2)3/h3-6,8-9,13H,7H2,1-2H3;3-6,8,11H,7H2,1-2H3;3-7,9H,8H2,1-2H3;2*6-7H,5H2,1-4H3;3-5H2,1-2H3,(H2,7,8);6H,4-5H2,1-3H3;5-6H,1-4H3;3-6H2,1-2H3;4H,1-3H3. The number of hydrogen-bond acceptors (Lipinski definition) is 3. The summed E-state index contributed by atoms with van der Waals surface area (Å²) >= 11 is 1.93. The molecule has 1 heterocycles. The monoisotopic (exact) mass is 1120 g/mol. The van der Waals surface area contributed by atoms with Gasteiger partial charge in [-0.25, -0.2) is 0 Å². The Labute approximate surface area is 501 Å². The smallest absolute Gasteiger partial charge is 0.115 e. The fraction of sp³-hybridized carbons (Fsp3) is 0.716. The van der Waals surface area contributed by atoms with Crippen molar-refractivity contribution in [3.63, 3.8) is 0 Å². The van der Waals surface area contributed by atoms with Gasteiger partial charge in [-0.2, -0.15) is 11.8 Å². The van der Waals surface area contributed by atoms with Gasteiger partial charge >= 0.3 is 0 Å². The van der Waals surface area contributed by atoms with Crippen molar-refractivity contribution in [1.29, 1.82) is 0 Å². The predicted octanol–water partition coefficient (Wildman–Crippen LogP) is 24.3. The van der Waals surface area contributed by atoms with E-state index < -0.39 is 0 Å². The Morgan fingerprint density at radius 1 is 0.519 bits per heavy atom. The Balaban J connectivity index is -0.000000191. The van der Waals surface area contributed by atoms with Crippen molar-refractivity contribution < 1.29 is 5.11 Å². The van der Waals surface area contributed by atoms with Gasteiger partial charge in [-0.1, -0.05) is 279 Å². The molecule has 0 fully saturated rings. The summed E-state index contributed by atoms with van der Waals surface area (Å²) in [7, 11) is 0. The fourth-order valence-corrected chi connectivity index (χ4v) is 7.32. The maximum Gasteiger partial charge on any atom is 0.115 e. The molecule has 4 N–H and O–H groups in total. The van der Waals surface area contributed by atoms with Crippen LogP contribution in [0.5, 0.6) is 5.75 Å². The van der Waals surface area contributed by atoms with E-state index in [0.717, 1.165) is 85.0 Å². The number of para-hydroxylation sites is 1. The van der Waals surface area contributed by atoms with Crippen molar-refractivity contribution >= 4 is 28.5 Å². The van der Waals surface area contributed by atoms with Crippen molar-refractivity contribution in [3.05, 3.63) is 102 Å². The van der Waals surface area contributed by atoms with Crippen molar-refractivity contribution in [2.45, 2.75) is 264 Å². The molecule has 5 heteroatoms. The topological polar surface area (TPSA) is 74.4 Å². The number of amidine groups is 1. The van der Waals surface area contributed by atoms with E-state index in [-0.39, 0.29) is 0 Å². The molecule has 0 aliphatic carbocycles. The first-order valence-corrected chi connectivity index (χ1v) is 33.4. The van der Waals surface area contributed by atoms with Crippen LogP contribution in [0.1, 0.15) is 261 Å². The lowest BCUT2D eigenvalue weighted by Crippen LogP contribution is -2.05. The van der Waals surface area contributed by atoms with Crippen LogP contribution in [-0.4, -0.2) is 34.5 Å². The number of aromatic amines is 1. The fourth-order valence-electron chi connectivity index (χ4n) is 6.61. The number of thioether (sulfide) groups is 1. The predicted molar refractivity (Wildman–Crippen MR) is 372 cm³/mol. The zero-order chi connectivity index (χ0) is 62.3. The maximum absolute atomic E-state index is 8.99. The van der Waals surface area contributed by atoms with E-state index in [1.54, 1.807) is 12.1 Å². The zero-order valence-corrected chi connectivity index (χ0v) is 59.0. The molecule has 0 aliphatic heterocycles. The number of aromatic nitrogens is 1. The third-order valence-electron chi connectivity index (χ3n) is 12.2. The minimum Gasteiger partial charge on any atom is -0.508 e. The quantitative estimate of drug-likeness (QED) is 0.0469. The molecule has 1 aromatic heterocycles. The van der Waals surface area contributed by atoms with Crippen molar-refractivity contribution in [2.75, 3.05) is 18.6 Å².